The molecule has 20 heavy (non-hydrogen) atoms. The molecule has 0 aromatic carbocycles. The van der Waals surface area contributed by atoms with Crippen molar-refractivity contribution in [1.82, 2.24) is 19.7 Å². The summed E-state index contributed by atoms with van der Waals surface area (Å²) < 4.78 is 7.21. The summed E-state index contributed by atoms with van der Waals surface area (Å²) in [5, 5.41) is 8.74. The van der Waals surface area contributed by atoms with E-state index in [2.05, 4.69) is 10.2 Å². The van der Waals surface area contributed by atoms with E-state index in [0.717, 1.165) is 11.0 Å². The number of nitrogens with two attached hydrogens (primary N) is 1. The van der Waals surface area contributed by atoms with Gasteiger partial charge in [-0.1, -0.05) is 11.8 Å². The summed E-state index contributed by atoms with van der Waals surface area (Å²) in [4.78, 5) is 14.2. The van der Waals surface area contributed by atoms with Crippen molar-refractivity contribution in [3.8, 4) is 0 Å². The summed E-state index contributed by atoms with van der Waals surface area (Å²) >= 11 is 1.43. The van der Waals surface area contributed by atoms with Gasteiger partial charge in [-0.05, 0) is 13.8 Å². The van der Waals surface area contributed by atoms with Crippen molar-refractivity contribution in [3.05, 3.63) is 5.82 Å². The van der Waals surface area contributed by atoms with E-state index in [4.69, 9.17) is 10.5 Å². The average molecular weight is 299 g/mol. The topological polar surface area (TPSA) is 86.3 Å². The van der Waals surface area contributed by atoms with Crippen LogP contribution in [0.4, 0.5) is 0 Å². The molecule has 1 aromatic rings. The third-order valence-corrected chi connectivity index (χ3v) is 4.28. The van der Waals surface area contributed by atoms with E-state index >= 15 is 0 Å². The van der Waals surface area contributed by atoms with Gasteiger partial charge in [0.1, 0.15) is 5.82 Å². The number of hydrogen-bond donors (Lipinski definition) is 1. The molecule has 0 radical (unpaired) electrons. The third-order valence-electron chi connectivity index (χ3n) is 3.21. The van der Waals surface area contributed by atoms with Gasteiger partial charge in [0.05, 0.1) is 18.5 Å². The molecule has 1 atom stereocenters. The molecule has 2 heterocycles. The monoisotopic (exact) mass is 299 g/mol. The van der Waals surface area contributed by atoms with Crippen molar-refractivity contribution < 1.29 is 9.53 Å². The molecule has 1 aliphatic rings. The van der Waals surface area contributed by atoms with Gasteiger partial charge in [0.15, 0.2) is 5.16 Å². The minimum Gasteiger partial charge on any atom is -0.378 e. The Kier molecular flexibility index (Phi) is 5.38. The van der Waals surface area contributed by atoms with Crippen molar-refractivity contribution in [1.29, 1.82) is 0 Å². The fourth-order valence-electron chi connectivity index (χ4n) is 2.08. The molecule has 0 aliphatic carbocycles. The van der Waals surface area contributed by atoms with Crippen LogP contribution in [0.2, 0.25) is 0 Å². The minimum absolute atomic E-state index is 0.123. The number of aromatic nitrogens is 3. The SMILES string of the molecule is Cc1nnc(SC(C)C(=O)N2CCOCC2)n1CCN. The van der Waals surface area contributed by atoms with Crippen LogP contribution in [-0.4, -0.2) is 63.7 Å². The molecule has 2 N–H and O–H groups in total. The smallest absolute Gasteiger partial charge is 0.236 e. The molecular weight excluding hydrogens is 278 g/mol. The van der Waals surface area contributed by atoms with Gasteiger partial charge in [0.25, 0.3) is 0 Å². The zero-order chi connectivity index (χ0) is 14.5. The van der Waals surface area contributed by atoms with Crippen molar-refractivity contribution >= 4 is 17.7 Å². The average Bonchev–Trinajstić information content (AvgIpc) is 2.81. The van der Waals surface area contributed by atoms with Crippen molar-refractivity contribution in [2.75, 3.05) is 32.8 Å². The van der Waals surface area contributed by atoms with Crippen LogP contribution in [0, 0.1) is 6.92 Å². The summed E-state index contributed by atoms with van der Waals surface area (Å²) in [5.74, 6) is 0.947. The number of amides is 1. The van der Waals surface area contributed by atoms with E-state index in [1.807, 2.05) is 23.3 Å². The van der Waals surface area contributed by atoms with Crippen LogP contribution < -0.4 is 5.73 Å². The first-order chi connectivity index (χ1) is 9.63. The van der Waals surface area contributed by atoms with E-state index in [0.29, 0.717) is 39.4 Å². The zero-order valence-electron chi connectivity index (χ0n) is 11.9. The number of thioether (sulfide) groups is 1. The van der Waals surface area contributed by atoms with Gasteiger partial charge in [-0.2, -0.15) is 0 Å². The van der Waals surface area contributed by atoms with Gasteiger partial charge in [-0.15, -0.1) is 10.2 Å². The van der Waals surface area contributed by atoms with Gasteiger partial charge >= 0.3 is 0 Å². The van der Waals surface area contributed by atoms with Crippen molar-refractivity contribution in [3.63, 3.8) is 0 Å². The van der Waals surface area contributed by atoms with Gasteiger partial charge < -0.3 is 19.9 Å². The first-order valence-corrected chi connectivity index (χ1v) is 7.64. The molecule has 7 nitrogen and oxygen atoms in total. The number of hydrogen-bond acceptors (Lipinski definition) is 6. The quantitative estimate of drug-likeness (QED) is 0.763. The predicted octanol–water partition coefficient (Wildman–Crippen LogP) is -0.115. The molecule has 1 aliphatic heterocycles. The molecular formula is C12H21N5O2S. The molecule has 0 spiro atoms. The highest BCUT2D eigenvalue weighted by molar-refractivity contribution is 8.00. The second-order valence-corrected chi connectivity index (χ2v) is 5.98. The number of ether oxygens (including phenoxy) is 1. The summed E-state index contributed by atoms with van der Waals surface area (Å²) in [6.45, 7) is 7.55. The van der Waals surface area contributed by atoms with Crippen LogP contribution in [0.15, 0.2) is 5.16 Å². The molecule has 1 fully saturated rings. The normalized spacial score (nSPS) is 17.2. The Hall–Kier alpha value is -1.12. The van der Waals surface area contributed by atoms with E-state index in [-0.39, 0.29) is 11.2 Å². The minimum atomic E-state index is -0.187. The zero-order valence-corrected chi connectivity index (χ0v) is 12.7. The Morgan fingerprint density at radius 1 is 1.45 bits per heavy atom. The van der Waals surface area contributed by atoms with Crippen LogP contribution in [0.3, 0.4) is 0 Å². The van der Waals surface area contributed by atoms with E-state index in [1.165, 1.54) is 11.8 Å². The summed E-state index contributed by atoms with van der Waals surface area (Å²) in [6.07, 6.45) is 0. The molecule has 1 amide bonds. The highest BCUT2D eigenvalue weighted by Crippen LogP contribution is 2.23. The van der Waals surface area contributed by atoms with Crippen LogP contribution in [-0.2, 0) is 16.1 Å². The highest BCUT2D eigenvalue weighted by Gasteiger charge is 2.25. The van der Waals surface area contributed by atoms with Crippen LogP contribution in [0.1, 0.15) is 12.7 Å². The van der Waals surface area contributed by atoms with Gasteiger partial charge in [0.2, 0.25) is 5.91 Å². The van der Waals surface area contributed by atoms with Crippen molar-refractivity contribution in [2.45, 2.75) is 30.8 Å². The first kappa shape index (κ1) is 15.3. The molecule has 1 saturated heterocycles. The van der Waals surface area contributed by atoms with Crippen LogP contribution in [0.5, 0.6) is 0 Å². The summed E-state index contributed by atoms with van der Waals surface area (Å²) in [7, 11) is 0. The standard InChI is InChI=1S/C12H21N5O2S/c1-9(11(18)16-5-7-19-8-6-16)20-12-15-14-10(2)17(12)4-3-13/h9H,3-8,13H2,1-2H3. The number of morpholine rings is 1. The van der Waals surface area contributed by atoms with Gasteiger partial charge in [0, 0.05) is 26.2 Å². The lowest BCUT2D eigenvalue weighted by Crippen LogP contribution is -2.44. The number of nitrogens with zero attached hydrogens (tertiary/aromatic N) is 4. The number of carbonyl (C=O) groups excluding carboxylic acids is 1. The Bertz CT molecular complexity index is 459. The Morgan fingerprint density at radius 3 is 2.80 bits per heavy atom. The summed E-state index contributed by atoms with van der Waals surface area (Å²) in [6, 6.07) is 0. The predicted molar refractivity (Wildman–Crippen MR) is 76.5 cm³/mol. The van der Waals surface area contributed by atoms with E-state index in [9.17, 15) is 4.79 Å². The molecule has 112 valence electrons. The molecule has 0 saturated carbocycles. The fraction of sp³-hybridized carbons (Fsp3) is 0.750. The number of aryl methyl sites for hydroxylation is 1. The maximum atomic E-state index is 12.3. The summed E-state index contributed by atoms with van der Waals surface area (Å²) in [5.41, 5.74) is 5.59. The van der Waals surface area contributed by atoms with Crippen molar-refractivity contribution in [2.24, 2.45) is 5.73 Å². The lowest BCUT2D eigenvalue weighted by Gasteiger charge is -2.28. The molecule has 1 unspecified atom stereocenters. The third kappa shape index (κ3) is 3.50. The number of rotatable bonds is 5. The highest BCUT2D eigenvalue weighted by atomic mass is 32.2. The van der Waals surface area contributed by atoms with Gasteiger partial charge in [-0.25, -0.2) is 0 Å². The molecule has 1 aromatic heterocycles. The number of carbonyl (C=O) groups is 1. The maximum absolute atomic E-state index is 12.3. The second-order valence-electron chi connectivity index (χ2n) is 4.67. The molecule has 0 bridgehead atoms. The lowest BCUT2D eigenvalue weighted by atomic mass is 10.3. The lowest BCUT2D eigenvalue weighted by molar-refractivity contribution is -0.134. The molecule has 2 rings (SSSR count). The van der Waals surface area contributed by atoms with Gasteiger partial charge in [-0.3, -0.25) is 4.79 Å². The maximum Gasteiger partial charge on any atom is 0.236 e. The van der Waals surface area contributed by atoms with Crippen LogP contribution in [0.25, 0.3) is 0 Å². The van der Waals surface area contributed by atoms with Crippen LogP contribution >= 0.6 is 11.8 Å². The first-order valence-electron chi connectivity index (χ1n) is 6.76. The largest absolute Gasteiger partial charge is 0.378 e. The fourth-order valence-corrected chi connectivity index (χ4v) is 3.09. The Balaban J connectivity index is 1.99. The van der Waals surface area contributed by atoms with E-state index in [1.54, 1.807) is 0 Å². The second kappa shape index (κ2) is 7.05. The Labute approximate surface area is 122 Å². The Morgan fingerprint density at radius 2 is 2.15 bits per heavy atom. The van der Waals surface area contributed by atoms with E-state index < -0.39 is 0 Å². The molecule has 8 heteroatoms.